The molecule has 0 saturated carbocycles. The van der Waals surface area contributed by atoms with E-state index in [-0.39, 0.29) is 4.57 Å². The molecule has 0 saturated heterocycles. The number of halogens is 6. The van der Waals surface area contributed by atoms with Crippen LogP contribution in [0.3, 0.4) is 0 Å². The van der Waals surface area contributed by atoms with E-state index in [0.29, 0.717) is 6.54 Å². The lowest BCUT2D eigenvalue weighted by atomic mass is 10.5. The van der Waals surface area contributed by atoms with Gasteiger partial charge in [-0.3, -0.25) is 0 Å². The van der Waals surface area contributed by atoms with Crippen molar-refractivity contribution in [2.75, 3.05) is 0 Å². The van der Waals surface area contributed by atoms with Crippen molar-refractivity contribution in [3.8, 4) is 0 Å². The van der Waals surface area contributed by atoms with E-state index in [4.69, 9.17) is 0 Å². The summed E-state index contributed by atoms with van der Waals surface area (Å²) in [5.41, 5.74) is 0. The summed E-state index contributed by atoms with van der Waals surface area (Å²) in [4.78, 5) is 0. The first-order valence-corrected chi connectivity index (χ1v) is 4.50. The molecule has 3 nitrogen and oxygen atoms in total. The molecule has 1 aromatic heterocycles. The van der Waals surface area contributed by atoms with Crippen LogP contribution in [0.1, 0.15) is 6.92 Å². The lowest BCUT2D eigenvalue weighted by Crippen LogP contribution is -2.40. The first-order chi connectivity index (χ1) is 7.66. The van der Waals surface area contributed by atoms with E-state index in [1.165, 1.54) is 10.8 Å². The van der Waals surface area contributed by atoms with Crippen molar-refractivity contribution in [1.29, 1.82) is 0 Å². The van der Waals surface area contributed by atoms with E-state index in [1.54, 1.807) is 6.92 Å². The molecule has 1 unspecified atom stereocenters. The van der Waals surface area contributed by atoms with Gasteiger partial charge in [0, 0.05) is 0 Å². The summed E-state index contributed by atoms with van der Waals surface area (Å²) in [6.07, 6.45) is -6.55. The summed E-state index contributed by atoms with van der Waals surface area (Å²) >= 11 is 0. The molecule has 0 aliphatic rings. The van der Waals surface area contributed by atoms with Crippen molar-refractivity contribution in [3.05, 3.63) is 18.7 Å². The van der Waals surface area contributed by atoms with E-state index in [9.17, 15) is 26.3 Å². The average Bonchev–Trinajstić information content (AvgIpc) is 2.63. The third kappa shape index (κ3) is 3.35. The van der Waals surface area contributed by atoms with Crippen molar-refractivity contribution in [2.24, 2.45) is 0 Å². The number of aryl methyl sites for hydroxylation is 1. The van der Waals surface area contributed by atoms with Crippen LogP contribution < -0.4 is 4.57 Å². The Morgan fingerprint density at radius 1 is 1.29 bits per heavy atom. The van der Waals surface area contributed by atoms with Crippen LogP contribution >= 0.6 is 0 Å². The monoisotopic (exact) mass is 263 g/mol. The second-order valence-corrected chi connectivity index (χ2v) is 3.12. The minimum absolute atomic E-state index is 0.0207. The number of alkyl halides is 6. The molecule has 0 N–H and O–H groups in total. The van der Waals surface area contributed by atoms with Crippen LogP contribution in [0.15, 0.2) is 18.7 Å². The highest BCUT2D eigenvalue weighted by Gasteiger charge is 2.53. The molecule has 9 heteroatoms. The second-order valence-electron chi connectivity index (χ2n) is 3.12. The van der Waals surface area contributed by atoms with Gasteiger partial charge in [0.15, 0.2) is 0 Å². The van der Waals surface area contributed by atoms with Crippen molar-refractivity contribution in [2.45, 2.75) is 32.2 Å². The summed E-state index contributed by atoms with van der Waals surface area (Å²) < 4.78 is 77.9. The molecule has 1 atom stereocenters. The van der Waals surface area contributed by atoms with Gasteiger partial charge in [0.05, 0.1) is 6.54 Å². The lowest BCUT2D eigenvalue weighted by Gasteiger charge is -2.18. The van der Waals surface area contributed by atoms with Crippen molar-refractivity contribution < 1.29 is 35.6 Å². The number of imidazole rings is 1. The van der Waals surface area contributed by atoms with Crippen LogP contribution in [-0.2, 0) is 17.3 Å². The molecule has 0 spiro atoms. The first kappa shape index (κ1) is 13.8. The third-order valence-corrected chi connectivity index (χ3v) is 1.91. The van der Waals surface area contributed by atoms with Gasteiger partial charge >= 0.3 is 18.8 Å². The molecule has 0 fully saturated rings. The van der Waals surface area contributed by atoms with Crippen LogP contribution in [-0.4, -0.2) is 17.3 Å². The predicted octanol–water partition coefficient (Wildman–Crippen LogP) is 2.18. The quantitative estimate of drug-likeness (QED) is 0.601. The summed E-state index contributed by atoms with van der Waals surface area (Å²) in [6, 6.07) is -4.43. The smallest absolute Gasteiger partial charge is 0.246 e. The van der Waals surface area contributed by atoms with Crippen molar-refractivity contribution in [3.63, 3.8) is 0 Å². The summed E-state index contributed by atoms with van der Waals surface area (Å²) in [5.74, 6) is 0. The zero-order valence-corrected chi connectivity index (χ0v) is 8.59. The topological polar surface area (TPSA) is 18.0 Å². The highest BCUT2D eigenvalue weighted by molar-refractivity contribution is 4.76. The zero-order chi connectivity index (χ0) is 13.3. The lowest BCUT2D eigenvalue weighted by molar-refractivity contribution is -0.693. The molecule has 0 aliphatic carbocycles. The molecule has 0 bridgehead atoms. The van der Waals surface area contributed by atoms with Gasteiger partial charge in [0.25, 0.3) is 0 Å². The molecule has 1 aromatic rings. The van der Waals surface area contributed by atoms with E-state index >= 15 is 0 Å². The third-order valence-electron chi connectivity index (χ3n) is 1.91. The molecular formula is C8H9F6N2O+. The Hall–Kier alpha value is -1.25. The number of nitrogens with zero attached hydrogens (tertiary/aromatic N) is 2. The van der Waals surface area contributed by atoms with Crippen LogP contribution in [0.4, 0.5) is 26.3 Å². The standard InChI is InChI=1S/C8H9F6N2O/c1-2-15-3-4-16(5-15)7(10,11)6(9)17-8(12,13)14/h3-6H,2H2,1H3/q+1. The highest BCUT2D eigenvalue weighted by Crippen LogP contribution is 2.32. The Kier molecular flexibility index (Phi) is 3.70. The Labute approximate surface area is 92.2 Å². The molecule has 17 heavy (non-hydrogen) atoms. The maximum absolute atomic E-state index is 13.2. The number of hydrogen-bond donors (Lipinski definition) is 0. The molecule has 0 radical (unpaired) electrons. The SMILES string of the molecule is CC[n+]1ccn(C(F)(F)C(F)OC(F)(F)F)c1. The number of hydrogen-bond acceptors (Lipinski definition) is 1. The molecule has 98 valence electrons. The summed E-state index contributed by atoms with van der Waals surface area (Å²) in [7, 11) is 0. The Bertz CT molecular complexity index is 374. The molecular weight excluding hydrogens is 254 g/mol. The van der Waals surface area contributed by atoms with E-state index in [1.807, 2.05) is 0 Å². The molecule has 0 aromatic carbocycles. The maximum Gasteiger partial charge on any atom is 0.525 e. The highest BCUT2D eigenvalue weighted by atomic mass is 19.4. The Balaban J connectivity index is 2.86. The predicted molar refractivity (Wildman–Crippen MR) is 42.5 cm³/mol. The van der Waals surface area contributed by atoms with Gasteiger partial charge in [0.1, 0.15) is 12.4 Å². The van der Waals surface area contributed by atoms with Gasteiger partial charge in [-0.1, -0.05) is 0 Å². The Morgan fingerprint density at radius 2 is 1.88 bits per heavy atom. The molecule has 0 aliphatic heterocycles. The van der Waals surface area contributed by atoms with Crippen molar-refractivity contribution in [1.82, 2.24) is 4.57 Å². The summed E-state index contributed by atoms with van der Waals surface area (Å²) in [6.45, 7) is 1.95. The minimum atomic E-state index is -5.46. The van der Waals surface area contributed by atoms with Crippen LogP contribution in [0.5, 0.6) is 0 Å². The number of rotatable bonds is 4. The summed E-state index contributed by atoms with van der Waals surface area (Å²) in [5, 5.41) is 0. The van der Waals surface area contributed by atoms with Gasteiger partial charge in [0.2, 0.25) is 6.33 Å². The van der Waals surface area contributed by atoms with Crippen LogP contribution in [0, 0.1) is 0 Å². The zero-order valence-electron chi connectivity index (χ0n) is 8.59. The van der Waals surface area contributed by atoms with Gasteiger partial charge in [-0.05, 0) is 6.92 Å². The molecule has 1 rings (SSSR count). The van der Waals surface area contributed by atoms with E-state index in [2.05, 4.69) is 4.74 Å². The number of ether oxygens (including phenoxy) is 1. The van der Waals surface area contributed by atoms with Gasteiger partial charge in [-0.25, -0.2) is 13.7 Å². The average molecular weight is 263 g/mol. The second kappa shape index (κ2) is 4.55. The maximum atomic E-state index is 13.2. The fourth-order valence-electron chi connectivity index (χ4n) is 1.06. The normalized spacial score (nSPS) is 15.0. The largest absolute Gasteiger partial charge is 0.525 e. The van der Waals surface area contributed by atoms with Crippen LogP contribution in [0.25, 0.3) is 0 Å². The van der Waals surface area contributed by atoms with Gasteiger partial charge in [-0.15, -0.1) is 13.2 Å². The van der Waals surface area contributed by atoms with E-state index in [0.717, 1.165) is 12.5 Å². The number of aromatic nitrogens is 2. The van der Waals surface area contributed by atoms with Crippen LogP contribution in [0.2, 0.25) is 0 Å². The fraction of sp³-hybridized carbons (Fsp3) is 0.625. The van der Waals surface area contributed by atoms with Crippen molar-refractivity contribution >= 4 is 0 Å². The van der Waals surface area contributed by atoms with Gasteiger partial charge in [-0.2, -0.15) is 13.3 Å². The van der Waals surface area contributed by atoms with Gasteiger partial charge < -0.3 is 0 Å². The fourth-order valence-corrected chi connectivity index (χ4v) is 1.06. The Morgan fingerprint density at radius 3 is 2.29 bits per heavy atom. The first-order valence-electron chi connectivity index (χ1n) is 4.50. The van der Waals surface area contributed by atoms with E-state index < -0.39 is 18.8 Å². The minimum Gasteiger partial charge on any atom is -0.246 e. The molecule has 0 amide bonds. The molecule has 1 heterocycles.